The quantitative estimate of drug-likeness (QED) is 0.658. The fraction of sp³-hybridized carbons (Fsp3) is 0.261. The van der Waals surface area contributed by atoms with E-state index in [1.165, 1.54) is 25.5 Å². The normalized spacial score (nSPS) is 14.7. The number of benzene rings is 2. The van der Waals surface area contributed by atoms with E-state index in [0.717, 1.165) is 30.6 Å². The Balaban J connectivity index is 2.01. The van der Waals surface area contributed by atoms with Gasteiger partial charge in [-0.25, -0.2) is 4.39 Å². The minimum absolute atomic E-state index is 0.230. The van der Waals surface area contributed by atoms with Crippen molar-refractivity contribution in [2.45, 2.75) is 6.42 Å². The zero-order valence-corrected chi connectivity index (χ0v) is 16.6. The fourth-order valence-electron chi connectivity index (χ4n) is 3.70. The molecule has 0 saturated carbocycles. The fourth-order valence-corrected chi connectivity index (χ4v) is 3.70. The number of halogens is 1. The maximum absolute atomic E-state index is 13.4. The molecule has 1 aromatic heterocycles. The molecule has 0 bridgehead atoms. The molecule has 0 N–H and O–H groups in total. The van der Waals surface area contributed by atoms with Crippen molar-refractivity contribution in [2.75, 3.05) is 34.4 Å². The lowest BCUT2D eigenvalue weighted by molar-refractivity contribution is 0.368. The van der Waals surface area contributed by atoms with Gasteiger partial charge in [0, 0.05) is 19.2 Å². The highest BCUT2D eigenvalue weighted by Gasteiger charge is 2.24. The SMILES string of the molecule is COc1cc(OC)c2c(=O)c(-c3ccc(F)cc3)coc2c1C1=CCN(C)CC1. The topological polar surface area (TPSA) is 51.9 Å². The Hall–Kier alpha value is -3.12. The molecule has 4 rings (SSSR count). The first-order chi connectivity index (χ1) is 14.0. The van der Waals surface area contributed by atoms with Gasteiger partial charge >= 0.3 is 0 Å². The van der Waals surface area contributed by atoms with Crippen molar-refractivity contribution in [3.63, 3.8) is 0 Å². The summed E-state index contributed by atoms with van der Waals surface area (Å²) in [7, 11) is 5.16. The summed E-state index contributed by atoms with van der Waals surface area (Å²) in [5.74, 6) is 0.618. The van der Waals surface area contributed by atoms with Crippen LogP contribution in [0.25, 0.3) is 27.7 Å². The van der Waals surface area contributed by atoms with Crippen molar-refractivity contribution < 1.29 is 18.3 Å². The molecule has 0 fully saturated rings. The summed E-state index contributed by atoms with van der Waals surface area (Å²) in [6.45, 7) is 1.71. The second kappa shape index (κ2) is 7.72. The number of rotatable bonds is 4. The van der Waals surface area contributed by atoms with Crippen molar-refractivity contribution in [3.8, 4) is 22.6 Å². The molecular formula is C23H22FNO4. The van der Waals surface area contributed by atoms with Gasteiger partial charge in [-0.15, -0.1) is 0 Å². The van der Waals surface area contributed by atoms with Crippen LogP contribution in [0.4, 0.5) is 4.39 Å². The predicted molar refractivity (Wildman–Crippen MR) is 111 cm³/mol. The molecule has 3 aromatic rings. The van der Waals surface area contributed by atoms with Crippen LogP contribution in [0.15, 0.2) is 51.9 Å². The number of methoxy groups -OCH3 is 2. The third-order valence-electron chi connectivity index (χ3n) is 5.30. The van der Waals surface area contributed by atoms with Crippen molar-refractivity contribution in [3.05, 3.63) is 64.3 Å². The van der Waals surface area contributed by atoms with Crippen LogP contribution in [-0.2, 0) is 0 Å². The van der Waals surface area contributed by atoms with Gasteiger partial charge in [0.15, 0.2) is 5.58 Å². The Labute approximate surface area is 168 Å². The number of likely N-dealkylation sites (N-methyl/N-ethyl adjacent to an activating group) is 1. The van der Waals surface area contributed by atoms with Gasteiger partial charge in [0.1, 0.15) is 29.0 Å². The van der Waals surface area contributed by atoms with Gasteiger partial charge in [-0.05, 0) is 36.7 Å². The van der Waals surface area contributed by atoms with E-state index in [1.807, 2.05) is 0 Å². The summed E-state index contributed by atoms with van der Waals surface area (Å²) in [5, 5.41) is 0.352. The molecule has 1 aliphatic heterocycles. The third-order valence-corrected chi connectivity index (χ3v) is 5.30. The predicted octanol–water partition coefficient (Wildman–Crippen LogP) is 4.34. The molecule has 0 atom stereocenters. The summed E-state index contributed by atoms with van der Waals surface area (Å²) >= 11 is 0. The first-order valence-corrected chi connectivity index (χ1v) is 9.38. The zero-order valence-electron chi connectivity index (χ0n) is 16.6. The van der Waals surface area contributed by atoms with Gasteiger partial charge in [-0.2, -0.15) is 0 Å². The van der Waals surface area contributed by atoms with E-state index in [0.29, 0.717) is 33.6 Å². The molecule has 2 aromatic carbocycles. The highest BCUT2D eigenvalue weighted by Crippen LogP contribution is 2.40. The third kappa shape index (κ3) is 3.40. The van der Waals surface area contributed by atoms with E-state index in [4.69, 9.17) is 13.9 Å². The Morgan fingerprint density at radius 2 is 1.83 bits per heavy atom. The second-order valence-corrected chi connectivity index (χ2v) is 7.09. The average Bonchev–Trinajstić information content (AvgIpc) is 2.74. The number of hydrogen-bond acceptors (Lipinski definition) is 5. The molecule has 150 valence electrons. The molecule has 0 spiro atoms. The maximum Gasteiger partial charge on any atom is 0.204 e. The molecule has 0 saturated heterocycles. The monoisotopic (exact) mass is 395 g/mol. The Kier molecular flexibility index (Phi) is 5.11. The molecule has 0 aliphatic carbocycles. The van der Waals surface area contributed by atoms with Gasteiger partial charge in [-0.3, -0.25) is 4.79 Å². The second-order valence-electron chi connectivity index (χ2n) is 7.09. The largest absolute Gasteiger partial charge is 0.496 e. The molecular weight excluding hydrogens is 373 g/mol. The first-order valence-electron chi connectivity index (χ1n) is 9.38. The van der Waals surface area contributed by atoms with Gasteiger partial charge in [0.2, 0.25) is 5.43 Å². The molecule has 29 heavy (non-hydrogen) atoms. The highest BCUT2D eigenvalue weighted by atomic mass is 19.1. The van der Waals surface area contributed by atoms with E-state index < -0.39 is 0 Å². The van der Waals surface area contributed by atoms with Crippen LogP contribution in [0.1, 0.15) is 12.0 Å². The van der Waals surface area contributed by atoms with Crippen LogP contribution in [0, 0.1) is 5.82 Å². The van der Waals surface area contributed by atoms with Crippen LogP contribution in [-0.4, -0.2) is 39.3 Å². The average molecular weight is 395 g/mol. The smallest absolute Gasteiger partial charge is 0.204 e. The molecule has 5 nitrogen and oxygen atoms in total. The van der Waals surface area contributed by atoms with E-state index in [9.17, 15) is 9.18 Å². The number of fused-ring (bicyclic) bond motifs is 1. The maximum atomic E-state index is 13.4. The van der Waals surface area contributed by atoms with Crippen LogP contribution in [0.5, 0.6) is 11.5 Å². The van der Waals surface area contributed by atoms with E-state index in [-0.39, 0.29) is 11.2 Å². The minimum atomic E-state index is -0.363. The lowest BCUT2D eigenvalue weighted by Gasteiger charge is -2.24. The minimum Gasteiger partial charge on any atom is -0.496 e. The van der Waals surface area contributed by atoms with Crippen molar-refractivity contribution in [1.29, 1.82) is 0 Å². The van der Waals surface area contributed by atoms with Crippen molar-refractivity contribution >= 4 is 16.5 Å². The van der Waals surface area contributed by atoms with Crippen LogP contribution >= 0.6 is 0 Å². The molecule has 0 unspecified atom stereocenters. The van der Waals surface area contributed by atoms with Gasteiger partial charge in [0.05, 0.1) is 25.3 Å². The molecule has 6 heteroatoms. The molecule has 0 amide bonds. The number of ether oxygens (including phenoxy) is 2. The van der Waals surface area contributed by atoms with Gasteiger partial charge in [0.25, 0.3) is 0 Å². The summed E-state index contributed by atoms with van der Waals surface area (Å²) in [6.07, 6.45) is 4.37. The van der Waals surface area contributed by atoms with Gasteiger partial charge in [-0.1, -0.05) is 18.2 Å². The standard InChI is InChI=1S/C23H22FNO4/c1-25-10-8-15(9-11-25)20-18(27-2)12-19(28-3)21-22(26)17(13-29-23(20)21)14-4-6-16(24)7-5-14/h4-8,12-13H,9-11H2,1-3H3. The number of hydrogen-bond donors (Lipinski definition) is 0. The zero-order chi connectivity index (χ0) is 20.5. The van der Waals surface area contributed by atoms with E-state index in [2.05, 4.69) is 18.0 Å². The summed E-state index contributed by atoms with van der Waals surface area (Å²) in [4.78, 5) is 15.6. The van der Waals surface area contributed by atoms with Crippen LogP contribution < -0.4 is 14.9 Å². The highest BCUT2D eigenvalue weighted by molar-refractivity contribution is 5.98. The summed E-state index contributed by atoms with van der Waals surface area (Å²) in [6, 6.07) is 7.48. The molecule has 0 radical (unpaired) electrons. The van der Waals surface area contributed by atoms with Crippen LogP contribution in [0.2, 0.25) is 0 Å². The van der Waals surface area contributed by atoms with E-state index in [1.54, 1.807) is 25.3 Å². The first kappa shape index (κ1) is 19.2. The summed E-state index contributed by atoms with van der Waals surface area (Å²) < 4.78 is 30.4. The van der Waals surface area contributed by atoms with Crippen molar-refractivity contribution in [1.82, 2.24) is 4.90 Å². The van der Waals surface area contributed by atoms with Crippen LogP contribution in [0.3, 0.4) is 0 Å². The lowest BCUT2D eigenvalue weighted by Crippen LogP contribution is -2.24. The molecule has 1 aliphatic rings. The van der Waals surface area contributed by atoms with Gasteiger partial charge < -0.3 is 18.8 Å². The van der Waals surface area contributed by atoms with Crippen molar-refractivity contribution in [2.24, 2.45) is 0 Å². The molecule has 2 heterocycles. The lowest BCUT2D eigenvalue weighted by atomic mass is 9.95. The van der Waals surface area contributed by atoms with E-state index >= 15 is 0 Å². The Morgan fingerprint density at radius 3 is 2.45 bits per heavy atom. The Bertz CT molecular complexity index is 1150. The summed E-state index contributed by atoms with van der Waals surface area (Å²) in [5.41, 5.74) is 2.99. The Morgan fingerprint density at radius 1 is 1.10 bits per heavy atom. The number of nitrogens with zero attached hydrogens (tertiary/aromatic N) is 1.